The Balaban J connectivity index is 1.72. The first-order valence-corrected chi connectivity index (χ1v) is 8.53. The maximum atomic E-state index is 14.0. The quantitative estimate of drug-likeness (QED) is 0.842. The van der Waals surface area contributed by atoms with Crippen molar-refractivity contribution in [2.24, 2.45) is 0 Å². The summed E-state index contributed by atoms with van der Waals surface area (Å²) >= 11 is 0. The van der Waals surface area contributed by atoms with E-state index in [9.17, 15) is 14.0 Å². The van der Waals surface area contributed by atoms with Crippen LogP contribution in [0.3, 0.4) is 0 Å². The van der Waals surface area contributed by atoms with Crippen LogP contribution in [0.4, 0.5) is 9.18 Å². The SMILES string of the molecule is CCOC(=O)N1CCN(C(=O)c2cnn(-c3ccccc3F)c2C)CC1. The number of carbonyl (C=O) groups excluding carboxylic acids is 2. The highest BCUT2D eigenvalue weighted by molar-refractivity contribution is 5.95. The molecule has 0 aliphatic carbocycles. The first-order chi connectivity index (χ1) is 12.5. The van der Waals surface area contributed by atoms with Crippen LogP contribution in [-0.4, -0.2) is 64.4 Å². The molecule has 2 aromatic rings. The Bertz CT molecular complexity index is 813. The van der Waals surface area contributed by atoms with E-state index in [1.165, 1.54) is 16.9 Å². The van der Waals surface area contributed by atoms with E-state index in [1.807, 2.05) is 0 Å². The van der Waals surface area contributed by atoms with Gasteiger partial charge in [-0.05, 0) is 26.0 Å². The molecule has 0 saturated carbocycles. The maximum absolute atomic E-state index is 14.0. The Labute approximate surface area is 150 Å². The van der Waals surface area contributed by atoms with Crippen LogP contribution in [0.25, 0.3) is 5.69 Å². The summed E-state index contributed by atoms with van der Waals surface area (Å²) in [5.41, 5.74) is 1.31. The summed E-state index contributed by atoms with van der Waals surface area (Å²) in [6.45, 7) is 5.50. The lowest BCUT2D eigenvalue weighted by atomic mass is 10.2. The van der Waals surface area contributed by atoms with Crippen LogP contribution >= 0.6 is 0 Å². The second-order valence-electron chi connectivity index (χ2n) is 5.99. The number of aromatic nitrogens is 2. The standard InChI is InChI=1S/C18H21FN4O3/c1-3-26-18(25)22-10-8-21(9-11-22)17(24)14-12-20-23(13(14)2)16-7-5-4-6-15(16)19/h4-7,12H,3,8-11H2,1-2H3. The van der Waals surface area contributed by atoms with Crippen molar-refractivity contribution in [1.82, 2.24) is 19.6 Å². The van der Waals surface area contributed by atoms with E-state index in [0.29, 0.717) is 49.7 Å². The Morgan fingerprint density at radius 2 is 1.81 bits per heavy atom. The number of para-hydroxylation sites is 1. The smallest absolute Gasteiger partial charge is 0.409 e. The lowest BCUT2D eigenvalue weighted by Crippen LogP contribution is -2.50. The third-order valence-corrected chi connectivity index (χ3v) is 4.41. The van der Waals surface area contributed by atoms with E-state index in [4.69, 9.17) is 4.74 Å². The first kappa shape index (κ1) is 17.9. The topological polar surface area (TPSA) is 67.7 Å². The fourth-order valence-electron chi connectivity index (χ4n) is 2.96. The van der Waals surface area contributed by atoms with Gasteiger partial charge < -0.3 is 14.5 Å². The Morgan fingerprint density at radius 3 is 2.46 bits per heavy atom. The van der Waals surface area contributed by atoms with E-state index in [2.05, 4.69) is 5.10 Å². The normalized spacial score (nSPS) is 14.4. The summed E-state index contributed by atoms with van der Waals surface area (Å²) in [6, 6.07) is 6.29. The molecule has 0 bridgehead atoms. The maximum Gasteiger partial charge on any atom is 0.409 e. The van der Waals surface area contributed by atoms with Crippen molar-refractivity contribution < 1.29 is 18.7 Å². The third kappa shape index (κ3) is 3.40. The number of piperazine rings is 1. The molecule has 0 N–H and O–H groups in total. The summed E-state index contributed by atoms with van der Waals surface area (Å²) in [4.78, 5) is 27.8. The third-order valence-electron chi connectivity index (χ3n) is 4.41. The number of benzene rings is 1. The van der Waals surface area contributed by atoms with Gasteiger partial charge in [-0.1, -0.05) is 12.1 Å². The van der Waals surface area contributed by atoms with E-state index < -0.39 is 5.82 Å². The van der Waals surface area contributed by atoms with Gasteiger partial charge in [0, 0.05) is 26.2 Å². The monoisotopic (exact) mass is 360 g/mol. The molecule has 138 valence electrons. The van der Waals surface area contributed by atoms with Crippen molar-refractivity contribution >= 4 is 12.0 Å². The van der Waals surface area contributed by atoms with Crippen LogP contribution in [-0.2, 0) is 4.74 Å². The van der Waals surface area contributed by atoms with E-state index in [1.54, 1.807) is 41.8 Å². The van der Waals surface area contributed by atoms with Crippen LogP contribution in [0.1, 0.15) is 23.0 Å². The number of hydrogen-bond donors (Lipinski definition) is 0. The minimum absolute atomic E-state index is 0.173. The van der Waals surface area contributed by atoms with Crippen LogP contribution in [0.5, 0.6) is 0 Å². The van der Waals surface area contributed by atoms with Crippen molar-refractivity contribution in [1.29, 1.82) is 0 Å². The molecule has 8 heteroatoms. The molecule has 0 unspecified atom stereocenters. The molecule has 3 rings (SSSR count). The molecule has 1 aromatic carbocycles. The van der Waals surface area contributed by atoms with Gasteiger partial charge in [-0.15, -0.1) is 0 Å². The summed E-state index contributed by atoms with van der Waals surface area (Å²) in [5, 5.41) is 4.17. The van der Waals surface area contributed by atoms with Gasteiger partial charge >= 0.3 is 6.09 Å². The van der Waals surface area contributed by atoms with Crippen molar-refractivity contribution in [2.45, 2.75) is 13.8 Å². The number of hydrogen-bond acceptors (Lipinski definition) is 4. The zero-order chi connectivity index (χ0) is 18.7. The lowest BCUT2D eigenvalue weighted by Gasteiger charge is -2.34. The molecule has 1 aromatic heterocycles. The Morgan fingerprint density at radius 1 is 1.15 bits per heavy atom. The van der Waals surface area contributed by atoms with Crippen LogP contribution in [0, 0.1) is 12.7 Å². The molecule has 7 nitrogen and oxygen atoms in total. The molecule has 1 aliphatic rings. The summed E-state index contributed by atoms with van der Waals surface area (Å²) < 4.78 is 20.4. The number of carbonyl (C=O) groups is 2. The van der Waals surface area contributed by atoms with Crippen molar-refractivity contribution in [3.63, 3.8) is 0 Å². The minimum atomic E-state index is -0.402. The van der Waals surface area contributed by atoms with Gasteiger partial charge in [-0.25, -0.2) is 13.9 Å². The van der Waals surface area contributed by atoms with Gasteiger partial charge in [0.1, 0.15) is 11.5 Å². The largest absolute Gasteiger partial charge is 0.450 e. The summed E-state index contributed by atoms with van der Waals surface area (Å²) in [6.07, 6.45) is 1.10. The van der Waals surface area contributed by atoms with Crippen LogP contribution in [0.2, 0.25) is 0 Å². The molecule has 1 saturated heterocycles. The van der Waals surface area contributed by atoms with E-state index >= 15 is 0 Å². The Kier molecular flexibility index (Phi) is 5.20. The average molecular weight is 360 g/mol. The molecule has 26 heavy (non-hydrogen) atoms. The molecule has 0 radical (unpaired) electrons. The molecule has 0 atom stereocenters. The fraction of sp³-hybridized carbons (Fsp3) is 0.389. The second kappa shape index (κ2) is 7.55. The van der Waals surface area contributed by atoms with Gasteiger partial charge in [0.15, 0.2) is 0 Å². The highest BCUT2D eigenvalue weighted by atomic mass is 19.1. The zero-order valence-corrected chi connectivity index (χ0v) is 14.8. The van der Waals surface area contributed by atoms with Gasteiger partial charge in [0.25, 0.3) is 5.91 Å². The lowest BCUT2D eigenvalue weighted by molar-refractivity contribution is 0.0570. The van der Waals surface area contributed by atoms with Gasteiger partial charge in [0.2, 0.25) is 0 Å². The second-order valence-corrected chi connectivity index (χ2v) is 5.99. The molecular weight excluding hydrogens is 339 g/mol. The minimum Gasteiger partial charge on any atom is -0.450 e. The number of ether oxygens (including phenoxy) is 1. The number of nitrogens with zero attached hydrogens (tertiary/aromatic N) is 4. The average Bonchev–Trinajstić information content (AvgIpc) is 3.03. The van der Waals surface area contributed by atoms with Gasteiger partial charge in [-0.3, -0.25) is 4.79 Å². The summed E-state index contributed by atoms with van der Waals surface area (Å²) in [5.74, 6) is -0.575. The molecule has 1 fully saturated rings. The predicted molar refractivity (Wildman–Crippen MR) is 92.8 cm³/mol. The van der Waals surface area contributed by atoms with E-state index in [-0.39, 0.29) is 12.0 Å². The van der Waals surface area contributed by atoms with Gasteiger partial charge in [-0.2, -0.15) is 5.10 Å². The molecule has 1 aliphatic heterocycles. The van der Waals surface area contributed by atoms with Crippen molar-refractivity contribution in [2.75, 3.05) is 32.8 Å². The van der Waals surface area contributed by atoms with Crippen LogP contribution in [0.15, 0.2) is 30.5 Å². The molecule has 0 spiro atoms. The van der Waals surface area contributed by atoms with Crippen molar-refractivity contribution in [3.8, 4) is 5.69 Å². The molecule has 2 amide bonds. The van der Waals surface area contributed by atoms with Crippen LogP contribution < -0.4 is 0 Å². The molecule has 2 heterocycles. The fourth-order valence-corrected chi connectivity index (χ4v) is 2.96. The van der Waals surface area contributed by atoms with Crippen molar-refractivity contribution in [3.05, 3.63) is 47.5 Å². The zero-order valence-electron chi connectivity index (χ0n) is 14.8. The highest BCUT2D eigenvalue weighted by Crippen LogP contribution is 2.19. The first-order valence-electron chi connectivity index (χ1n) is 8.53. The summed E-state index contributed by atoms with van der Waals surface area (Å²) in [7, 11) is 0. The Hall–Kier alpha value is -2.90. The van der Waals surface area contributed by atoms with E-state index in [0.717, 1.165) is 0 Å². The predicted octanol–water partition coefficient (Wildman–Crippen LogP) is 2.23. The number of amides is 2. The van der Waals surface area contributed by atoms with Gasteiger partial charge in [0.05, 0.1) is 24.1 Å². The number of halogens is 1. The highest BCUT2D eigenvalue weighted by Gasteiger charge is 2.27. The molecular formula is C18H21FN4O3. The number of rotatable bonds is 3.